The normalized spacial score (nSPS) is 24.6. The Labute approximate surface area is 196 Å². The number of imide groups is 1. The largest absolute Gasteiger partial charge is 0.478 e. The number of amides is 2. The van der Waals surface area contributed by atoms with Crippen LogP contribution in [0.15, 0.2) is 103 Å². The highest BCUT2D eigenvalue weighted by Crippen LogP contribution is 2.58. The number of allylic oxidation sites excluding steroid dienone is 3. The van der Waals surface area contributed by atoms with Gasteiger partial charge in [0, 0.05) is 11.8 Å². The molecule has 2 aliphatic carbocycles. The fourth-order valence-corrected chi connectivity index (χ4v) is 5.81. The second-order valence-corrected chi connectivity index (χ2v) is 8.91. The molecular weight excluding hydrogens is 426 g/mol. The van der Waals surface area contributed by atoms with Crippen LogP contribution in [0.1, 0.15) is 21.5 Å². The minimum atomic E-state index is -1.05. The Morgan fingerprint density at radius 2 is 1.12 bits per heavy atom. The summed E-state index contributed by atoms with van der Waals surface area (Å²) in [6.45, 7) is 0. The molecule has 2 fully saturated rings. The number of hydrogen-bond acceptors (Lipinski definition) is 3. The zero-order valence-electron chi connectivity index (χ0n) is 18.2. The van der Waals surface area contributed by atoms with Gasteiger partial charge in [-0.3, -0.25) is 9.59 Å². The van der Waals surface area contributed by atoms with Crippen molar-refractivity contribution in [1.29, 1.82) is 0 Å². The zero-order valence-corrected chi connectivity index (χ0v) is 18.2. The number of carboxylic acids is 1. The quantitative estimate of drug-likeness (QED) is 0.460. The Balaban J connectivity index is 1.44. The van der Waals surface area contributed by atoms with Crippen LogP contribution in [0.4, 0.5) is 5.69 Å². The number of anilines is 1. The van der Waals surface area contributed by atoms with Crippen molar-refractivity contribution in [2.75, 3.05) is 4.90 Å². The van der Waals surface area contributed by atoms with E-state index in [1.54, 1.807) is 0 Å². The van der Waals surface area contributed by atoms with Gasteiger partial charge in [-0.05, 0) is 46.5 Å². The number of hydrogen-bond donors (Lipinski definition) is 1. The molecule has 3 aliphatic rings. The van der Waals surface area contributed by atoms with Crippen LogP contribution in [0.2, 0.25) is 0 Å². The van der Waals surface area contributed by atoms with Crippen LogP contribution in [0.3, 0.4) is 0 Å². The highest BCUT2D eigenvalue weighted by atomic mass is 16.4. The average Bonchev–Trinajstić information content (AvgIpc) is 3.50. The summed E-state index contributed by atoms with van der Waals surface area (Å²) in [5.41, 5.74) is 4.91. The highest BCUT2D eigenvalue weighted by Gasteiger charge is 2.62. The molecule has 0 spiro atoms. The van der Waals surface area contributed by atoms with Crippen molar-refractivity contribution in [3.8, 4) is 0 Å². The molecule has 34 heavy (non-hydrogen) atoms. The van der Waals surface area contributed by atoms with E-state index in [9.17, 15) is 14.4 Å². The number of aromatic carboxylic acids is 1. The molecule has 5 heteroatoms. The second kappa shape index (κ2) is 7.66. The molecule has 5 nitrogen and oxygen atoms in total. The van der Waals surface area contributed by atoms with Crippen molar-refractivity contribution >= 4 is 29.0 Å². The third kappa shape index (κ3) is 2.90. The Morgan fingerprint density at radius 1 is 0.647 bits per heavy atom. The average molecular weight is 447 g/mol. The minimum absolute atomic E-state index is 0.116. The first-order valence-corrected chi connectivity index (χ1v) is 11.3. The van der Waals surface area contributed by atoms with Crippen LogP contribution in [0.5, 0.6) is 0 Å². The van der Waals surface area contributed by atoms with E-state index in [0.29, 0.717) is 5.69 Å². The van der Waals surface area contributed by atoms with Gasteiger partial charge in [0.1, 0.15) is 0 Å². The van der Waals surface area contributed by atoms with Gasteiger partial charge in [-0.2, -0.15) is 0 Å². The summed E-state index contributed by atoms with van der Waals surface area (Å²) in [4.78, 5) is 39.6. The molecule has 1 saturated carbocycles. The fourth-order valence-electron chi connectivity index (χ4n) is 5.81. The maximum Gasteiger partial charge on any atom is 0.335 e. The fraction of sp³-hybridized carbons (Fsp3) is 0.138. The van der Waals surface area contributed by atoms with E-state index >= 15 is 0 Å². The third-order valence-corrected chi connectivity index (χ3v) is 7.20. The van der Waals surface area contributed by atoms with Crippen molar-refractivity contribution in [3.63, 3.8) is 0 Å². The lowest BCUT2D eigenvalue weighted by atomic mass is 9.85. The maximum absolute atomic E-state index is 13.6. The molecule has 1 heterocycles. The molecule has 3 aromatic carbocycles. The number of benzene rings is 3. The molecule has 166 valence electrons. The summed E-state index contributed by atoms with van der Waals surface area (Å²) < 4.78 is 0. The summed E-state index contributed by atoms with van der Waals surface area (Å²) in [5.74, 6) is -2.66. The van der Waals surface area contributed by atoms with Gasteiger partial charge in [-0.25, -0.2) is 9.69 Å². The first-order valence-electron chi connectivity index (χ1n) is 11.3. The lowest BCUT2D eigenvalue weighted by Crippen LogP contribution is -2.33. The van der Waals surface area contributed by atoms with Crippen molar-refractivity contribution in [3.05, 3.63) is 119 Å². The molecule has 2 amide bonds. The van der Waals surface area contributed by atoms with Crippen molar-refractivity contribution in [2.24, 2.45) is 23.7 Å². The number of carbonyl (C=O) groups excluding carboxylic acids is 2. The second-order valence-electron chi connectivity index (χ2n) is 8.91. The molecule has 0 radical (unpaired) electrons. The zero-order chi connectivity index (χ0) is 23.4. The van der Waals surface area contributed by atoms with Gasteiger partial charge in [-0.1, -0.05) is 72.8 Å². The molecule has 1 aliphatic heterocycles. The molecule has 2 bridgehead atoms. The minimum Gasteiger partial charge on any atom is -0.478 e. The van der Waals surface area contributed by atoms with Gasteiger partial charge in [0.25, 0.3) is 0 Å². The number of rotatable bonds is 4. The first kappa shape index (κ1) is 20.4. The number of nitrogens with zero attached hydrogens (tertiary/aromatic N) is 1. The Kier molecular flexibility index (Phi) is 4.59. The van der Waals surface area contributed by atoms with Crippen LogP contribution in [-0.4, -0.2) is 22.9 Å². The number of carboxylic acid groups (broad SMARTS) is 1. The molecular formula is C29H21NO4. The SMILES string of the molecule is O=C(O)c1ccc(N2C(=O)[C@@H]3[C@@H](C2=O)[C@H]2C=C[C@H]3C2=C(c2ccccc2)c2ccccc2)cc1. The molecule has 6 rings (SSSR count). The number of fused-ring (bicyclic) bond motifs is 5. The summed E-state index contributed by atoms with van der Waals surface area (Å²) >= 11 is 0. The van der Waals surface area contributed by atoms with Gasteiger partial charge < -0.3 is 5.11 Å². The van der Waals surface area contributed by atoms with E-state index in [1.807, 2.05) is 36.4 Å². The molecule has 3 aromatic rings. The smallest absolute Gasteiger partial charge is 0.335 e. The number of carbonyl (C=O) groups is 3. The molecule has 0 aromatic heterocycles. The molecule has 0 unspecified atom stereocenters. The summed E-state index contributed by atoms with van der Waals surface area (Å²) in [6, 6.07) is 26.2. The first-order chi connectivity index (χ1) is 16.6. The van der Waals surface area contributed by atoms with Crippen LogP contribution < -0.4 is 4.90 Å². The van der Waals surface area contributed by atoms with Gasteiger partial charge in [-0.15, -0.1) is 0 Å². The van der Waals surface area contributed by atoms with E-state index in [-0.39, 0.29) is 29.2 Å². The summed E-state index contributed by atoms with van der Waals surface area (Å²) in [5, 5.41) is 9.16. The monoisotopic (exact) mass is 447 g/mol. The van der Waals surface area contributed by atoms with Crippen LogP contribution >= 0.6 is 0 Å². The lowest BCUT2D eigenvalue weighted by Gasteiger charge is -2.21. The Morgan fingerprint density at radius 3 is 1.56 bits per heavy atom. The molecule has 1 saturated heterocycles. The van der Waals surface area contributed by atoms with Gasteiger partial charge in [0.05, 0.1) is 23.1 Å². The van der Waals surface area contributed by atoms with Crippen molar-refractivity contribution < 1.29 is 19.5 Å². The Bertz CT molecular complexity index is 1300. The van der Waals surface area contributed by atoms with E-state index in [4.69, 9.17) is 5.11 Å². The predicted molar refractivity (Wildman–Crippen MR) is 128 cm³/mol. The summed E-state index contributed by atoms with van der Waals surface area (Å²) in [7, 11) is 0. The molecule has 4 atom stereocenters. The molecule has 1 N–H and O–H groups in total. The van der Waals surface area contributed by atoms with Crippen LogP contribution in [0, 0.1) is 23.7 Å². The van der Waals surface area contributed by atoms with E-state index in [1.165, 1.54) is 29.2 Å². The van der Waals surface area contributed by atoms with Crippen molar-refractivity contribution in [1.82, 2.24) is 0 Å². The maximum atomic E-state index is 13.6. The predicted octanol–water partition coefficient (Wildman–Crippen LogP) is 4.81. The lowest BCUT2D eigenvalue weighted by molar-refractivity contribution is -0.122. The topological polar surface area (TPSA) is 74.7 Å². The third-order valence-electron chi connectivity index (χ3n) is 7.20. The highest BCUT2D eigenvalue weighted by molar-refractivity contribution is 6.23. The van der Waals surface area contributed by atoms with Gasteiger partial charge in [0.15, 0.2) is 0 Å². The standard InChI is InChI=1S/C29H21NO4/c31-27-25-21-15-16-22(26(25)28(32)30(27)20-13-11-19(12-14-20)29(33)34)24(21)23(17-7-3-1-4-8-17)18-9-5-2-6-10-18/h1-16,21-22,25-26H,(H,33,34)/t21-,22-,25-,26-/m0/s1. The van der Waals surface area contributed by atoms with Gasteiger partial charge in [0.2, 0.25) is 11.8 Å². The van der Waals surface area contributed by atoms with E-state index in [0.717, 1.165) is 22.3 Å². The Hall–Kier alpha value is -4.25. The van der Waals surface area contributed by atoms with Gasteiger partial charge >= 0.3 is 5.97 Å². The van der Waals surface area contributed by atoms with Crippen LogP contribution in [-0.2, 0) is 9.59 Å². The van der Waals surface area contributed by atoms with Crippen molar-refractivity contribution in [2.45, 2.75) is 0 Å². The van der Waals surface area contributed by atoms with E-state index < -0.39 is 17.8 Å². The van der Waals surface area contributed by atoms with Crippen LogP contribution in [0.25, 0.3) is 5.57 Å². The van der Waals surface area contributed by atoms with E-state index in [2.05, 4.69) is 36.4 Å². The summed E-state index contributed by atoms with van der Waals surface area (Å²) in [6.07, 6.45) is 4.16.